The molecule has 3 rings (SSSR count). The van der Waals surface area contributed by atoms with Crippen LogP contribution in [0.5, 0.6) is 5.75 Å². The lowest BCUT2D eigenvalue weighted by Crippen LogP contribution is -2.28. The Labute approximate surface area is 183 Å². The van der Waals surface area contributed by atoms with Crippen LogP contribution in [0.1, 0.15) is 35.1 Å². The van der Waals surface area contributed by atoms with Gasteiger partial charge in [0, 0.05) is 18.6 Å². The minimum Gasteiger partial charge on any atom is -0.487 e. The van der Waals surface area contributed by atoms with Crippen LogP contribution in [0.15, 0.2) is 46.9 Å². The van der Waals surface area contributed by atoms with Gasteiger partial charge in [-0.2, -0.15) is 0 Å². The number of benzene rings is 2. The van der Waals surface area contributed by atoms with Gasteiger partial charge in [0.2, 0.25) is 5.89 Å². The highest BCUT2D eigenvalue weighted by Crippen LogP contribution is 2.26. The second-order valence-corrected chi connectivity index (χ2v) is 7.39. The number of ether oxygens (including phenoxy) is 3. The summed E-state index contributed by atoms with van der Waals surface area (Å²) in [6, 6.07) is 13.8. The van der Waals surface area contributed by atoms with Gasteiger partial charge in [0.1, 0.15) is 23.8 Å². The summed E-state index contributed by atoms with van der Waals surface area (Å²) in [5.41, 5.74) is 4.88. The normalized spacial score (nSPS) is 11.9. The van der Waals surface area contributed by atoms with Gasteiger partial charge in [0.05, 0.1) is 7.11 Å². The zero-order valence-corrected chi connectivity index (χ0v) is 18.7. The van der Waals surface area contributed by atoms with E-state index in [1.165, 1.54) is 7.11 Å². The highest BCUT2D eigenvalue weighted by molar-refractivity contribution is 5.75. The molecular weight excluding hydrogens is 394 g/mol. The lowest BCUT2D eigenvalue weighted by Gasteiger charge is -2.16. The number of hydrogen-bond donors (Lipinski definition) is 0. The summed E-state index contributed by atoms with van der Waals surface area (Å²) in [7, 11) is 1.37. The van der Waals surface area contributed by atoms with Gasteiger partial charge in [-0.25, -0.2) is 9.78 Å². The smallest absolute Gasteiger partial charge is 0.335 e. The number of oxazole rings is 1. The third-order valence-corrected chi connectivity index (χ3v) is 5.19. The van der Waals surface area contributed by atoms with Gasteiger partial charge >= 0.3 is 5.97 Å². The summed E-state index contributed by atoms with van der Waals surface area (Å²) in [6.07, 6.45) is -0.160. The largest absolute Gasteiger partial charge is 0.487 e. The van der Waals surface area contributed by atoms with E-state index in [9.17, 15) is 4.79 Å². The van der Waals surface area contributed by atoms with Gasteiger partial charge in [-0.05, 0) is 62.6 Å². The van der Waals surface area contributed by atoms with Gasteiger partial charge in [0.15, 0.2) is 6.10 Å². The summed E-state index contributed by atoms with van der Waals surface area (Å²) in [4.78, 5) is 16.5. The molecule has 0 amide bonds. The first-order chi connectivity index (χ1) is 14.9. The van der Waals surface area contributed by atoms with Gasteiger partial charge in [0.25, 0.3) is 0 Å². The number of hydrogen-bond acceptors (Lipinski definition) is 6. The number of methoxy groups -OCH3 is 1. The number of esters is 1. The van der Waals surface area contributed by atoms with Crippen molar-refractivity contribution in [2.45, 2.75) is 46.8 Å². The molecule has 1 unspecified atom stereocenters. The number of aromatic nitrogens is 1. The summed E-state index contributed by atoms with van der Waals surface area (Å²) < 4.78 is 22.2. The maximum Gasteiger partial charge on any atom is 0.335 e. The first kappa shape index (κ1) is 22.6. The Hall–Kier alpha value is -3.12. The molecule has 6 heteroatoms. The van der Waals surface area contributed by atoms with Crippen molar-refractivity contribution in [3.63, 3.8) is 0 Å². The molecule has 164 valence electrons. The van der Waals surface area contributed by atoms with Crippen LogP contribution in [0, 0.1) is 20.8 Å². The highest BCUT2D eigenvalue weighted by atomic mass is 16.6. The Balaban J connectivity index is 1.68. The van der Waals surface area contributed by atoms with Crippen molar-refractivity contribution < 1.29 is 23.4 Å². The summed E-state index contributed by atoms with van der Waals surface area (Å²) in [5, 5.41) is 0. The second-order valence-electron chi connectivity index (χ2n) is 7.39. The topological polar surface area (TPSA) is 70.8 Å². The van der Waals surface area contributed by atoms with Crippen LogP contribution in [0.2, 0.25) is 0 Å². The Kier molecular flexibility index (Phi) is 7.47. The van der Waals surface area contributed by atoms with Crippen molar-refractivity contribution in [2.75, 3.05) is 13.7 Å². The van der Waals surface area contributed by atoms with Crippen LogP contribution in [-0.2, 0) is 27.3 Å². The van der Waals surface area contributed by atoms with Gasteiger partial charge in [-0.1, -0.05) is 24.3 Å². The number of nitrogens with zero attached hydrogens (tertiary/aromatic N) is 1. The summed E-state index contributed by atoms with van der Waals surface area (Å²) in [5.74, 6) is 1.70. The van der Waals surface area contributed by atoms with Gasteiger partial charge in [-0.15, -0.1) is 0 Å². The van der Waals surface area contributed by atoms with Crippen LogP contribution in [0.3, 0.4) is 0 Å². The molecule has 1 heterocycles. The zero-order valence-electron chi connectivity index (χ0n) is 18.7. The molecule has 0 spiro atoms. The van der Waals surface area contributed by atoms with Crippen molar-refractivity contribution in [3.05, 3.63) is 70.6 Å². The quantitative estimate of drug-likeness (QED) is 0.453. The maximum absolute atomic E-state index is 11.9. The van der Waals surface area contributed by atoms with E-state index in [1.54, 1.807) is 0 Å². The summed E-state index contributed by atoms with van der Waals surface area (Å²) >= 11 is 0. The molecule has 0 saturated carbocycles. The molecule has 0 N–H and O–H groups in total. The lowest BCUT2D eigenvalue weighted by atomic mass is 10.0. The molecule has 2 aromatic carbocycles. The minimum atomic E-state index is -0.613. The standard InChI is InChI=1S/C25H29NO5/c1-6-29-23(25(27)28-5)14-19-11-12-20(13-17(19)3)30-15-22-18(4)31-24(26-22)21-10-8-7-9-16(21)2/h7-13,23H,6,14-15H2,1-5H3. The number of carbonyl (C=O) groups is 1. The van der Waals surface area contributed by atoms with Crippen LogP contribution < -0.4 is 4.74 Å². The molecular formula is C25H29NO5. The van der Waals surface area contributed by atoms with Crippen molar-refractivity contribution in [1.82, 2.24) is 4.98 Å². The summed E-state index contributed by atoms with van der Waals surface area (Å²) in [6.45, 7) is 8.52. The zero-order chi connectivity index (χ0) is 22.4. The Bertz CT molecular complexity index is 1040. The molecule has 1 aromatic heterocycles. The molecule has 0 aliphatic rings. The fourth-order valence-electron chi connectivity index (χ4n) is 3.37. The van der Waals surface area contributed by atoms with E-state index < -0.39 is 6.10 Å². The SMILES string of the molecule is CCOC(Cc1ccc(OCc2nc(-c3ccccc3C)oc2C)cc1C)C(=O)OC. The number of carbonyl (C=O) groups excluding carboxylic acids is 1. The first-order valence-electron chi connectivity index (χ1n) is 10.4. The van der Waals surface area contributed by atoms with Crippen LogP contribution in [0.25, 0.3) is 11.5 Å². The third kappa shape index (κ3) is 5.52. The first-order valence-corrected chi connectivity index (χ1v) is 10.4. The molecule has 3 aromatic rings. The monoisotopic (exact) mass is 423 g/mol. The predicted molar refractivity (Wildman–Crippen MR) is 118 cm³/mol. The van der Waals surface area contributed by atoms with E-state index in [2.05, 4.69) is 4.98 Å². The van der Waals surface area contributed by atoms with Crippen LogP contribution >= 0.6 is 0 Å². The van der Waals surface area contributed by atoms with Crippen molar-refractivity contribution >= 4 is 5.97 Å². The minimum absolute atomic E-state index is 0.309. The van der Waals surface area contributed by atoms with E-state index >= 15 is 0 Å². The molecule has 31 heavy (non-hydrogen) atoms. The molecule has 0 radical (unpaired) electrons. The molecule has 6 nitrogen and oxygen atoms in total. The van der Waals surface area contributed by atoms with E-state index in [4.69, 9.17) is 18.6 Å². The van der Waals surface area contributed by atoms with E-state index in [0.29, 0.717) is 25.5 Å². The molecule has 0 bridgehead atoms. The average molecular weight is 424 g/mol. The Morgan fingerprint density at radius 1 is 1.10 bits per heavy atom. The van der Waals surface area contributed by atoms with Crippen LogP contribution in [0.4, 0.5) is 0 Å². The number of aryl methyl sites for hydroxylation is 3. The third-order valence-electron chi connectivity index (χ3n) is 5.19. The van der Waals surface area contributed by atoms with Crippen molar-refractivity contribution in [1.29, 1.82) is 0 Å². The molecule has 0 aliphatic heterocycles. The fourth-order valence-corrected chi connectivity index (χ4v) is 3.37. The van der Waals surface area contributed by atoms with Crippen molar-refractivity contribution in [3.8, 4) is 17.2 Å². The molecule has 0 fully saturated rings. The number of rotatable bonds is 9. The molecule has 1 atom stereocenters. The van der Waals surface area contributed by atoms with E-state index in [1.807, 2.05) is 70.2 Å². The fraction of sp³-hybridized carbons (Fsp3) is 0.360. The Morgan fingerprint density at radius 3 is 2.55 bits per heavy atom. The predicted octanol–water partition coefficient (Wildman–Crippen LogP) is 4.97. The lowest BCUT2D eigenvalue weighted by molar-refractivity contribution is -0.153. The van der Waals surface area contributed by atoms with Gasteiger partial charge < -0.3 is 18.6 Å². The van der Waals surface area contributed by atoms with Crippen molar-refractivity contribution in [2.24, 2.45) is 0 Å². The van der Waals surface area contributed by atoms with Crippen LogP contribution in [-0.4, -0.2) is 30.8 Å². The van der Waals surface area contributed by atoms with E-state index in [0.717, 1.165) is 39.5 Å². The Morgan fingerprint density at radius 2 is 1.87 bits per heavy atom. The average Bonchev–Trinajstić information content (AvgIpc) is 3.13. The maximum atomic E-state index is 11.9. The highest BCUT2D eigenvalue weighted by Gasteiger charge is 2.21. The van der Waals surface area contributed by atoms with E-state index in [-0.39, 0.29) is 5.97 Å². The van der Waals surface area contributed by atoms with Gasteiger partial charge in [-0.3, -0.25) is 0 Å². The molecule has 0 saturated heterocycles. The second kappa shape index (κ2) is 10.3. The molecule has 0 aliphatic carbocycles.